The Morgan fingerprint density at radius 1 is 0.727 bits per heavy atom. The van der Waals surface area contributed by atoms with Crippen LogP contribution in [0.1, 0.15) is 96.8 Å². The third-order valence-corrected chi connectivity index (χ3v) is 6.87. The predicted molar refractivity (Wildman–Crippen MR) is 96.1 cm³/mol. The van der Waals surface area contributed by atoms with Crippen molar-refractivity contribution in [3.63, 3.8) is 0 Å². The molecule has 22 heavy (non-hydrogen) atoms. The SMILES string of the molecule is CCCCCCCCCCNCC12CC3CC(CC(C3)C1)C2. The fraction of sp³-hybridized carbons (Fsp3) is 1.00. The second-order valence-electron chi connectivity index (χ2n) is 9.07. The maximum Gasteiger partial charge on any atom is 0.000811 e. The van der Waals surface area contributed by atoms with E-state index < -0.39 is 0 Å². The molecule has 0 spiro atoms. The van der Waals surface area contributed by atoms with E-state index in [1.165, 1.54) is 64.5 Å². The molecule has 4 fully saturated rings. The number of hydrogen-bond donors (Lipinski definition) is 1. The molecule has 0 aromatic carbocycles. The highest BCUT2D eigenvalue weighted by Crippen LogP contribution is 2.59. The first kappa shape index (κ1) is 16.8. The van der Waals surface area contributed by atoms with Crippen molar-refractivity contribution in [1.29, 1.82) is 0 Å². The third-order valence-electron chi connectivity index (χ3n) is 6.87. The molecule has 1 nitrogen and oxygen atoms in total. The molecule has 1 heteroatoms. The van der Waals surface area contributed by atoms with Gasteiger partial charge >= 0.3 is 0 Å². The summed E-state index contributed by atoms with van der Waals surface area (Å²) in [7, 11) is 0. The molecule has 0 atom stereocenters. The molecule has 128 valence electrons. The summed E-state index contributed by atoms with van der Waals surface area (Å²) in [5.41, 5.74) is 0.731. The lowest BCUT2D eigenvalue weighted by atomic mass is 9.49. The van der Waals surface area contributed by atoms with E-state index in [1.54, 1.807) is 38.5 Å². The summed E-state index contributed by atoms with van der Waals surface area (Å²) < 4.78 is 0. The van der Waals surface area contributed by atoms with E-state index >= 15 is 0 Å². The van der Waals surface area contributed by atoms with Crippen LogP contribution in [0.25, 0.3) is 0 Å². The zero-order valence-corrected chi connectivity index (χ0v) is 15.0. The minimum atomic E-state index is 0.731. The van der Waals surface area contributed by atoms with Crippen molar-refractivity contribution in [2.75, 3.05) is 13.1 Å². The normalized spacial score (nSPS) is 36.1. The molecule has 0 aromatic rings. The lowest BCUT2D eigenvalue weighted by Gasteiger charge is -2.57. The van der Waals surface area contributed by atoms with E-state index in [4.69, 9.17) is 0 Å². The van der Waals surface area contributed by atoms with E-state index in [-0.39, 0.29) is 0 Å². The third kappa shape index (κ3) is 4.49. The van der Waals surface area contributed by atoms with Crippen molar-refractivity contribution in [3.05, 3.63) is 0 Å². The van der Waals surface area contributed by atoms with Gasteiger partial charge in [0.2, 0.25) is 0 Å². The van der Waals surface area contributed by atoms with Gasteiger partial charge in [-0.25, -0.2) is 0 Å². The minimum Gasteiger partial charge on any atom is -0.316 e. The van der Waals surface area contributed by atoms with Gasteiger partial charge in [0.05, 0.1) is 0 Å². The molecule has 4 aliphatic rings. The Balaban J connectivity index is 1.22. The molecule has 0 heterocycles. The summed E-state index contributed by atoms with van der Waals surface area (Å²) in [5, 5.41) is 3.85. The number of hydrogen-bond acceptors (Lipinski definition) is 1. The second kappa shape index (κ2) is 8.18. The van der Waals surface area contributed by atoms with Crippen molar-refractivity contribution in [2.45, 2.75) is 96.8 Å². The predicted octanol–water partition coefficient (Wildman–Crippen LogP) is 5.93. The first-order valence-corrected chi connectivity index (χ1v) is 10.5. The van der Waals surface area contributed by atoms with E-state index in [9.17, 15) is 0 Å². The molecular formula is C21H39N. The standard InChI is InChI=1S/C21H39N/c1-2-3-4-5-6-7-8-9-10-22-17-21-14-18-11-19(15-21)13-20(12-18)16-21/h18-20,22H,2-17H2,1H3. The van der Waals surface area contributed by atoms with Crippen LogP contribution < -0.4 is 5.32 Å². The molecule has 0 saturated heterocycles. The van der Waals surface area contributed by atoms with Crippen molar-refractivity contribution in [1.82, 2.24) is 5.32 Å². The Hall–Kier alpha value is -0.0400. The quantitative estimate of drug-likeness (QED) is 0.466. The molecule has 4 bridgehead atoms. The zero-order chi connectivity index (χ0) is 15.3. The second-order valence-corrected chi connectivity index (χ2v) is 9.07. The Morgan fingerprint density at radius 2 is 1.23 bits per heavy atom. The lowest BCUT2D eigenvalue weighted by Crippen LogP contribution is -2.50. The monoisotopic (exact) mass is 305 g/mol. The van der Waals surface area contributed by atoms with Crippen LogP contribution in [0, 0.1) is 23.2 Å². The van der Waals surface area contributed by atoms with E-state index in [2.05, 4.69) is 12.2 Å². The summed E-state index contributed by atoms with van der Waals surface area (Å²) in [6.45, 7) is 4.92. The number of rotatable bonds is 11. The van der Waals surface area contributed by atoms with Crippen molar-refractivity contribution >= 4 is 0 Å². The van der Waals surface area contributed by atoms with Gasteiger partial charge in [-0.1, -0.05) is 51.9 Å². The summed E-state index contributed by atoms with van der Waals surface area (Å²) in [6.07, 6.45) is 20.9. The Labute approximate surface area is 139 Å². The summed E-state index contributed by atoms with van der Waals surface area (Å²) >= 11 is 0. The lowest BCUT2D eigenvalue weighted by molar-refractivity contribution is -0.0512. The Bertz CT molecular complexity index is 287. The molecule has 0 aromatic heterocycles. The molecule has 0 radical (unpaired) electrons. The van der Waals surface area contributed by atoms with Crippen LogP contribution in [0.4, 0.5) is 0 Å². The first-order chi connectivity index (χ1) is 10.8. The largest absolute Gasteiger partial charge is 0.316 e. The van der Waals surface area contributed by atoms with Gasteiger partial charge in [0, 0.05) is 6.54 Å². The van der Waals surface area contributed by atoms with Gasteiger partial charge in [0.25, 0.3) is 0 Å². The fourth-order valence-corrected chi connectivity index (χ4v) is 6.24. The van der Waals surface area contributed by atoms with E-state index in [1.807, 2.05) is 0 Å². The Morgan fingerprint density at radius 3 is 1.77 bits per heavy atom. The topological polar surface area (TPSA) is 12.0 Å². The van der Waals surface area contributed by atoms with Gasteiger partial charge < -0.3 is 5.32 Å². The molecular weight excluding hydrogens is 266 g/mol. The fourth-order valence-electron chi connectivity index (χ4n) is 6.24. The minimum absolute atomic E-state index is 0.731. The van der Waals surface area contributed by atoms with Crippen LogP contribution in [0.2, 0.25) is 0 Å². The van der Waals surface area contributed by atoms with Gasteiger partial charge in [0.1, 0.15) is 0 Å². The summed E-state index contributed by atoms with van der Waals surface area (Å²) in [4.78, 5) is 0. The van der Waals surface area contributed by atoms with Crippen LogP contribution in [-0.4, -0.2) is 13.1 Å². The van der Waals surface area contributed by atoms with Gasteiger partial charge in [-0.05, 0) is 74.7 Å². The average Bonchev–Trinajstić information content (AvgIpc) is 2.48. The van der Waals surface area contributed by atoms with Crippen molar-refractivity contribution in [2.24, 2.45) is 23.2 Å². The van der Waals surface area contributed by atoms with Crippen LogP contribution in [0.5, 0.6) is 0 Å². The highest BCUT2D eigenvalue weighted by molar-refractivity contribution is 5.02. The number of unbranched alkanes of at least 4 members (excludes halogenated alkanes) is 7. The smallest absolute Gasteiger partial charge is 0.000811 e. The maximum atomic E-state index is 3.85. The highest BCUT2D eigenvalue weighted by atomic mass is 14.9. The van der Waals surface area contributed by atoms with Crippen LogP contribution in [0.3, 0.4) is 0 Å². The van der Waals surface area contributed by atoms with Crippen LogP contribution in [0.15, 0.2) is 0 Å². The van der Waals surface area contributed by atoms with Crippen molar-refractivity contribution in [3.8, 4) is 0 Å². The molecule has 0 aliphatic heterocycles. The van der Waals surface area contributed by atoms with Gasteiger partial charge in [-0.15, -0.1) is 0 Å². The zero-order valence-electron chi connectivity index (χ0n) is 15.0. The first-order valence-electron chi connectivity index (χ1n) is 10.5. The number of nitrogens with one attached hydrogen (secondary N) is 1. The molecule has 4 aliphatic carbocycles. The summed E-state index contributed by atoms with van der Waals surface area (Å²) in [5.74, 6) is 3.32. The molecule has 4 saturated carbocycles. The van der Waals surface area contributed by atoms with E-state index in [0.29, 0.717) is 0 Å². The maximum absolute atomic E-state index is 3.85. The highest BCUT2D eigenvalue weighted by Gasteiger charge is 2.50. The van der Waals surface area contributed by atoms with Gasteiger partial charge in [-0.3, -0.25) is 0 Å². The van der Waals surface area contributed by atoms with E-state index in [0.717, 1.165) is 23.2 Å². The van der Waals surface area contributed by atoms with Gasteiger partial charge in [0.15, 0.2) is 0 Å². The molecule has 0 amide bonds. The van der Waals surface area contributed by atoms with Crippen LogP contribution in [-0.2, 0) is 0 Å². The van der Waals surface area contributed by atoms with Gasteiger partial charge in [-0.2, -0.15) is 0 Å². The summed E-state index contributed by atoms with van der Waals surface area (Å²) in [6, 6.07) is 0. The van der Waals surface area contributed by atoms with Crippen molar-refractivity contribution < 1.29 is 0 Å². The van der Waals surface area contributed by atoms with Crippen LogP contribution >= 0.6 is 0 Å². The molecule has 0 unspecified atom stereocenters. The average molecular weight is 306 g/mol. The Kier molecular flexibility index (Phi) is 6.24. The molecule has 1 N–H and O–H groups in total. The molecule has 4 rings (SSSR count).